The number of benzene rings is 1. The van der Waals surface area contributed by atoms with Crippen LogP contribution in [0.5, 0.6) is 0 Å². The number of likely N-dealkylation sites (tertiary alicyclic amines) is 1. The van der Waals surface area contributed by atoms with E-state index in [2.05, 4.69) is 29.3 Å². The Labute approximate surface area is 147 Å². The minimum Gasteiger partial charge on any atom is -0.384 e. The van der Waals surface area contributed by atoms with E-state index < -0.39 is 0 Å². The molecule has 1 spiro atoms. The van der Waals surface area contributed by atoms with Crippen LogP contribution in [0.4, 0.5) is 5.69 Å². The first kappa shape index (κ1) is 15.8. The Morgan fingerprint density at radius 3 is 2.83 bits per heavy atom. The highest BCUT2D eigenvalue weighted by molar-refractivity contribution is 6.30. The summed E-state index contributed by atoms with van der Waals surface area (Å²) >= 11 is 6.27. The zero-order valence-corrected chi connectivity index (χ0v) is 15.0. The predicted molar refractivity (Wildman–Crippen MR) is 101 cm³/mol. The SMILES string of the molecule is CC1CCCCC(N2CCC3(CC2)CNc2ccc(Cl)cc23)C1.[HH]. The molecule has 2 heterocycles. The van der Waals surface area contributed by atoms with Crippen LogP contribution in [-0.4, -0.2) is 30.6 Å². The molecule has 2 atom stereocenters. The van der Waals surface area contributed by atoms with E-state index in [1.165, 1.54) is 69.3 Å². The molecule has 1 aliphatic carbocycles. The summed E-state index contributed by atoms with van der Waals surface area (Å²) < 4.78 is 0. The molecule has 2 aliphatic heterocycles. The van der Waals surface area contributed by atoms with Gasteiger partial charge >= 0.3 is 0 Å². The Morgan fingerprint density at radius 1 is 1.22 bits per heavy atom. The van der Waals surface area contributed by atoms with E-state index >= 15 is 0 Å². The quantitative estimate of drug-likeness (QED) is 0.700. The maximum absolute atomic E-state index is 6.27. The number of nitrogens with one attached hydrogen (secondary N) is 1. The summed E-state index contributed by atoms with van der Waals surface area (Å²) in [7, 11) is 0. The summed E-state index contributed by atoms with van der Waals surface area (Å²) in [6, 6.07) is 7.21. The molecule has 1 aromatic carbocycles. The Hall–Kier alpha value is -0.730. The van der Waals surface area contributed by atoms with Crippen molar-refractivity contribution < 1.29 is 1.43 Å². The van der Waals surface area contributed by atoms with E-state index in [1.807, 2.05) is 6.07 Å². The van der Waals surface area contributed by atoms with Crippen LogP contribution in [0.2, 0.25) is 5.02 Å². The van der Waals surface area contributed by atoms with E-state index in [0.29, 0.717) is 5.41 Å². The van der Waals surface area contributed by atoms with Crippen molar-refractivity contribution in [2.45, 2.75) is 63.3 Å². The summed E-state index contributed by atoms with van der Waals surface area (Å²) in [4.78, 5) is 2.80. The van der Waals surface area contributed by atoms with E-state index in [4.69, 9.17) is 11.6 Å². The average molecular weight is 335 g/mol. The summed E-state index contributed by atoms with van der Waals surface area (Å²) in [6.07, 6.45) is 9.67. The molecule has 2 unspecified atom stereocenters. The summed E-state index contributed by atoms with van der Waals surface area (Å²) in [5.74, 6) is 0.908. The van der Waals surface area contributed by atoms with Gasteiger partial charge in [-0.15, -0.1) is 0 Å². The molecule has 0 aromatic heterocycles. The van der Waals surface area contributed by atoms with Crippen LogP contribution in [0.15, 0.2) is 18.2 Å². The molecule has 1 saturated carbocycles. The molecule has 2 nitrogen and oxygen atoms in total. The Morgan fingerprint density at radius 2 is 2.00 bits per heavy atom. The van der Waals surface area contributed by atoms with E-state index in [1.54, 1.807) is 0 Å². The fourth-order valence-corrected chi connectivity index (χ4v) is 5.31. The Kier molecular flexibility index (Phi) is 4.32. The van der Waals surface area contributed by atoms with Gasteiger partial charge in [0.25, 0.3) is 0 Å². The molecule has 0 amide bonds. The van der Waals surface area contributed by atoms with Gasteiger partial charge in [0.1, 0.15) is 0 Å². The van der Waals surface area contributed by atoms with Gasteiger partial charge in [0.05, 0.1) is 0 Å². The number of piperidine rings is 1. The molecular formula is C20H31ClN2. The van der Waals surface area contributed by atoms with Gasteiger partial charge in [-0.1, -0.05) is 37.8 Å². The van der Waals surface area contributed by atoms with Crippen LogP contribution in [0.3, 0.4) is 0 Å². The smallest absolute Gasteiger partial charge is 0.0410 e. The third-order valence-electron chi connectivity index (χ3n) is 6.60. The number of hydrogen-bond acceptors (Lipinski definition) is 2. The van der Waals surface area contributed by atoms with Crippen LogP contribution in [0.25, 0.3) is 0 Å². The summed E-state index contributed by atoms with van der Waals surface area (Å²) in [5, 5.41) is 4.50. The highest BCUT2D eigenvalue weighted by Gasteiger charge is 2.42. The standard InChI is InChI=1S/C20H29ClN2.H2/c1-15-4-2-3-5-17(12-15)23-10-8-20(9-11-23)14-22-19-7-6-16(21)13-18(19)20;/h6-7,13,15,17,22H,2-5,8-12,14H2,1H3;1H. The average Bonchev–Trinajstić information content (AvgIpc) is 2.74. The van der Waals surface area contributed by atoms with E-state index in [-0.39, 0.29) is 1.43 Å². The van der Waals surface area contributed by atoms with Crippen LogP contribution in [-0.2, 0) is 5.41 Å². The molecule has 1 N–H and O–H groups in total. The van der Waals surface area contributed by atoms with Crippen molar-refractivity contribution in [3.8, 4) is 0 Å². The van der Waals surface area contributed by atoms with Crippen LogP contribution >= 0.6 is 11.6 Å². The number of halogens is 1. The summed E-state index contributed by atoms with van der Waals surface area (Å²) in [6.45, 7) is 6.05. The minimum absolute atomic E-state index is 0. The Bertz CT molecular complexity index is 569. The normalized spacial score (nSPS) is 30.7. The second kappa shape index (κ2) is 6.29. The maximum Gasteiger partial charge on any atom is 0.0410 e. The predicted octanol–water partition coefficient (Wildman–Crippen LogP) is 5.31. The molecule has 23 heavy (non-hydrogen) atoms. The zero-order valence-electron chi connectivity index (χ0n) is 14.3. The van der Waals surface area contributed by atoms with Gasteiger partial charge in [-0.2, -0.15) is 0 Å². The number of nitrogens with zero attached hydrogens (tertiary/aromatic N) is 1. The summed E-state index contributed by atoms with van der Waals surface area (Å²) in [5.41, 5.74) is 3.11. The van der Waals surface area contributed by atoms with Crippen LogP contribution in [0.1, 0.15) is 58.9 Å². The lowest BCUT2D eigenvalue weighted by molar-refractivity contribution is 0.105. The van der Waals surface area contributed by atoms with Crippen LogP contribution < -0.4 is 5.32 Å². The minimum atomic E-state index is 0. The largest absolute Gasteiger partial charge is 0.384 e. The highest BCUT2D eigenvalue weighted by atomic mass is 35.5. The topological polar surface area (TPSA) is 15.3 Å². The lowest BCUT2D eigenvalue weighted by Crippen LogP contribution is -2.48. The van der Waals surface area contributed by atoms with E-state index in [9.17, 15) is 0 Å². The lowest BCUT2D eigenvalue weighted by Gasteiger charge is -2.43. The second-order valence-corrected chi connectivity index (χ2v) is 8.58. The zero-order chi connectivity index (χ0) is 15.9. The molecule has 3 aliphatic rings. The van der Waals surface area contributed by atoms with Crippen molar-refractivity contribution in [2.75, 3.05) is 25.0 Å². The molecule has 0 radical (unpaired) electrons. The van der Waals surface area contributed by atoms with Gasteiger partial charge < -0.3 is 10.2 Å². The van der Waals surface area contributed by atoms with Crippen LogP contribution in [0, 0.1) is 5.92 Å². The molecule has 1 saturated heterocycles. The monoisotopic (exact) mass is 334 g/mol. The van der Waals surface area contributed by atoms with E-state index in [0.717, 1.165) is 23.5 Å². The Balaban J connectivity index is 0.00000169. The number of hydrogen-bond donors (Lipinski definition) is 1. The van der Waals surface area contributed by atoms with Gasteiger partial charge in [-0.05, 0) is 68.5 Å². The molecule has 3 heteroatoms. The van der Waals surface area contributed by atoms with Gasteiger partial charge in [0.15, 0.2) is 0 Å². The first-order valence-corrected chi connectivity index (χ1v) is 9.82. The fourth-order valence-electron chi connectivity index (χ4n) is 5.14. The first-order valence-electron chi connectivity index (χ1n) is 9.44. The molecule has 1 aromatic rings. The second-order valence-electron chi connectivity index (χ2n) is 8.14. The number of fused-ring (bicyclic) bond motifs is 2. The molecule has 0 bridgehead atoms. The van der Waals surface area contributed by atoms with Gasteiger partial charge in [-0.3, -0.25) is 0 Å². The van der Waals surface area contributed by atoms with Crippen molar-refractivity contribution >= 4 is 17.3 Å². The molecule has 4 rings (SSSR count). The number of rotatable bonds is 1. The van der Waals surface area contributed by atoms with Crippen molar-refractivity contribution in [2.24, 2.45) is 5.92 Å². The highest BCUT2D eigenvalue weighted by Crippen LogP contribution is 2.45. The molecule has 2 fully saturated rings. The maximum atomic E-state index is 6.27. The first-order chi connectivity index (χ1) is 11.2. The third kappa shape index (κ3) is 3.00. The number of anilines is 1. The molecule has 128 valence electrons. The van der Waals surface area contributed by atoms with Gasteiger partial charge in [0, 0.05) is 30.1 Å². The van der Waals surface area contributed by atoms with Crippen molar-refractivity contribution in [3.63, 3.8) is 0 Å². The molecular weight excluding hydrogens is 304 g/mol. The van der Waals surface area contributed by atoms with Crippen molar-refractivity contribution in [1.29, 1.82) is 0 Å². The third-order valence-corrected chi connectivity index (χ3v) is 6.84. The van der Waals surface area contributed by atoms with Crippen molar-refractivity contribution in [1.82, 2.24) is 4.90 Å². The lowest BCUT2D eigenvalue weighted by atomic mass is 9.74. The fraction of sp³-hybridized carbons (Fsp3) is 0.700. The van der Waals surface area contributed by atoms with Gasteiger partial charge in [-0.25, -0.2) is 0 Å². The van der Waals surface area contributed by atoms with Gasteiger partial charge in [0.2, 0.25) is 0 Å². The van der Waals surface area contributed by atoms with Crippen molar-refractivity contribution in [3.05, 3.63) is 28.8 Å².